The van der Waals surface area contributed by atoms with E-state index in [2.05, 4.69) is 53.7 Å². The molecule has 0 heterocycles. The van der Waals surface area contributed by atoms with Gasteiger partial charge >= 0.3 is 0 Å². The summed E-state index contributed by atoms with van der Waals surface area (Å²) in [6, 6.07) is 0. The molecule has 0 unspecified atom stereocenters. The molecule has 5 rings (SSSR count). The zero-order valence-corrected chi connectivity index (χ0v) is 20.0. The fourth-order valence-corrected chi connectivity index (χ4v) is 9.92. The highest BCUT2D eigenvalue weighted by molar-refractivity contribution is 5.25. The molecule has 5 saturated carbocycles. The lowest BCUT2D eigenvalue weighted by atomic mass is 9.45. The molecular weight excluding hydrogens is 352 g/mol. The lowest BCUT2D eigenvalue weighted by Crippen LogP contribution is -2.56. The second kappa shape index (κ2) is 6.60. The first-order chi connectivity index (χ1) is 13.6. The highest BCUT2D eigenvalue weighted by atomic mass is 16.3. The number of allylic oxidation sites excluding steroid dienone is 2. The Labute approximate surface area is 180 Å². The van der Waals surface area contributed by atoms with Crippen LogP contribution >= 0.6 is 0 Å². The molecule has 0 aromatic heterocycles. The first kappa shape index (κ1) is 20.6. The van der Waals surface area contributed by atoms with Crippen LogP contribution in [0.1, 0.15) is 92.9 Å². The van der Waals surface area contributed by atoms with E-state index < -0.39 is 0 Å². The maximum atomic E-state index is 11.3. The lowest BCUT2D eigenvalue weighted by molar-refractivity contribution is -0.151. The average Bonchev–Trinajstić information content (AvgIpc) is 3.20. The summed E-state index contributed by atoms with van der Waals surface area (Å²) in [6.45, 7) is 14.8. The fraction of sp³-hybridized carbons (Fsp3) is 0.929. The lowest BCUT2D eigenvalue weighted by Gasteiger charge is -2.60. The third kappa shape index (κ3) is 2.61. The van der Waals surface area contributed by atoms with Gasteiger partial charge in [-0.2, -0.15) is 0 Å². The van der Waals surface area contributed by atoms with E-state index in [4.69, 9.17) is 0 Å². The van der Waals surface area contributed by atoms with Crippen molar-refractivity contribution >= 4 is 0 Å². The van der Waals surface area contributed by atoms with Crippen LogP contribution in [0.4, 0.5) is 0 Å². The molecule has 0 aliphatic heterocycles. The summed E-state index contributed by atoms with van der Waals surface area (Å²) in [6.07, 6.45) is 16.0. The average molecular weight is 399 g/mol. The Hall–Kier alpha value is -0.300. The number of hydrogen-bond acceptors (Lipinski definition) is 1. The van der Waals surface area contributed by atoms with Crippen LogP contribution in [-0.4, -0.2) is 11.2 Å². The largest absolute Gasteiger partial charge is 0.393 e. The van der Waals surface area contributed by atoms with Crippen molar-refractivity contribution in [1.82, 2.24) is 0 Å². The van der Waals surface area contributed by atoms with Crippen LogP contribution in [0.25, 0.3) is 0 Å². The van der Waals surface area contributed by atoms with Crippen molar-refractivity contribution in [3.05, 3.63) is 12.2 Å². The monoisotopic (exact) mass is 398 g/mol. The predicted octanol–water partition coefficient (Wildman–Crippen LogP) is 7.10. The van der Waals surface area contributed by atoms with Gasteiger partial charge in [0.15, 0.2) is 0 Å². The second-order valence-corrected chi connectivity index (χ2v) is 13.1. The number of aliphatic hydroxyl groups excluding tert-OH is 1. The summed E-state index contributed by atoms with van der Waals surface area (Å²) in [5.74, 6) is 6.33. The van der Waals surface area contributed by atoms with Crippen molar-refractivity contribution in [2.24, 2.45) is 63.6 Å². The van der Waals surface area contributed by atoms with E-state index in [1.54, 1.807) is 0 Å². The van der Waals surface area contributed by atoms with Gasteiger partial charge in [-0.05, 0) is 110 Å². The van der Waals surface area contributed by atoms with Crippen molar-refractivity contribution in [1.29, 1.82) is 0 Å². The summed E-state index contributed by atoms with van der Waals surface area (Å²) in [4.78, 5) is 0. The summed E-state index contributed by atoms with van der Waals surface area (Å²) in [7, 11) is 0. The molecule has 5 fully saturated rings. The normalized spacial score (nSPS) is 55.3. The van der Waals surface area contributed by atoms with Gasteiger partial charge in [0.2, 0.25) is 0 Å². The van der Waals surface area contributed by atoms with Crippen molar-refractivity contribution in [2.45, 2.75) is 99.0 Å². The minimum atomic E-state index is -0.00754. The van der Waals surface area contributed by atoms with E-state index in [1.807, 2.05) is 0 Å². The highest BCUT2D eigenvalue weighted by Crippen LogP contribution is 2.81. The molecule has 5 aliphatic rings. The SMILES string of the molecule is CC(C)[C@@H](C)/C=C/[C@@H](C)[C@H]1CC[C@H]2[C@@H]3C[C@@H](O)[C@]45C[C@@H]4CC[C@]5(C)[C@H]3CC[C@]12C. The number of fused-ring (bicyclic) bond motifs is 4. The standard InChI is InChI=1S/C28H46O/c1-17(2)18(3)7-8-19(4)22-9-10-23-21-15-25(29)28-16-20(28)11-14-27(28,6)24(21)12-13-26(22,23)5/h7-8,17-25,29H,9-16H2,1-6H3/b8-7+/t18-,19+,20-,21-,22+,23-,24-,25+,26+,27+,28-/m0/s1. The summed E-state index contributed by atoms with van der Waals surface area (Å²) in [5.41, 5.74) is 1.27. The van der Waals surface area contributed by atoms with Crippen LogP contribution in [0.15, 0.2) is 12.2 Å². The first-order valence-electron chi connectivity index (χ1n) is 13.0. The van der Waals surface area contributed by atoms with Crippen LogP contribution in [-0.2, 0) is 0 Å². The van der Waals surface area contributed by atoms with Gasteiger partial charge in [0.25, 0.3) is 0 Å². The Morgan fingerprint density at radius 2 is 1.66 bits per heavy atom. The molecule has 5 aliphatic carbocycles. The minimum absolute atomic E-state index is 0.00754. The smallest absolute Gasteiger partial charge is 0.0607 e. The van der Waals surface area contributed by atoms with E-state index in [9.17, 15) is 5.11 Å². The van der Waals surface area contributed by atoms with Gasteiger partial charge < -0.3 is 5.11 Å². The van der Waals surface area contributed by atoms with Gasteiger partial charge in [0, 0.05) is 5.41 Å². The number of rotatable bonds is 4. The Bertz CT molecular complexity index is 680. The summed E-state index contributed by atoms with van der Waals surface area (Å²) < 4.78 is 0. The maximum absolute atomic E-state index is 11.3. The second-order valence-electron chi connectivity index (χ2n) is 13.1. The third-order valence-corrected chi connectivity index (χ3v) is 12.1. The predicted molar refractivity (Wildman–Crippen MR) is 121 cm³/mol. The fourth-order valence-electron chi connectivity index (χ4n) is 9.92. The van der Waals surface area contributed by atoms with Gasteiger partial charge in [-0.3, -0.25) is 0 Å². The van der Waals surface area contributed by atoms with Crippen LogP contribution in [0.2, 0.25) is 0 Å². The molecule has 1 nitrogen and oxygen atoms in total. The Morgan fingerprint density at radius 1 is 0.897 bits per heavy atom. The minimum Gasteiger partial charge on any atom is -0.393 e. The molecular formula is C28H46O. The van der Waals surface area contributed by atoms with Crippen LogP contribution in [0, 0.1) is 63.6 Å². The zero-order valence-electron chi connectivity index (χ0n) is 20.0. The Morgan fingerprint density at radius 3 is 2.34 bits per heavy atom. The van der Waals surface area contributed by atoms with Gasteiger partial charge in [0.05, 0.1) is 6.10 Å². The molecule has 29 heavy (non-hydrogen) atoms. The van der Waals surface area contributed by atoms with E-state index >= 15 is 0 Å². The van der Waals surface area contributed by atoms with Crippen molar-refractivity contribution in [3.8, 4) is 0 Å². The zero-order chi connectivity index (χ0) is 20.8. The molecule has 0 aromatic carbocycles. The van der Waals surface area contributed by atoms with Crippen molar-refractivity contribution in [2.75, 3.05) is 0 Å². The van der Waals surface area contributed by atoms with Gasteiger partial charge in [-0.25, -0.2) is 0 Å². The quantitative estimate of drug-likeness (QED) is 0.501. The highest BCUT2D eigenvalue weighted by Gasteiger charge is 2.77. The molecule has 0 radical (unpaired) electrons. The molecule has 164 valence electrons. The third-order valence-electron chi connectivity index (χ3n) is 12.1. The van der Waals surface area contributed by atoms with Gasteiger partial charge in [-0.1, -0.05) is 53.7 Å². The van der Waals surface area contributed by atoms with Crippen molar-refractivity contribution in [3.63, 3.8) is 0 Å². The Balaban J connectivity index is 1.37. The molecule has 11 atom stereocenters. The first-order valence-corrected chi connectivity index (χ1v) is 13.0. The molecule has 1 N–H and O–H groups in total. The van der Waals surface area contributed by atoms with Crippen molar-refractivity contribution < 1.29 is 5.11 Å². The van der Waals surface area contributed by atoms with Crippen LogP contribution < -0.4 is 0 Å². The molecule has 0 amide bonds. The van der Waals surface area contributed by atoms with E-state index in [1.165, 1.54) is 44.9 Å². The molecule has 1 spiro atoms. The van der Waals surface area contributed by atoms with E-state index in [0.29, 0.717) is 28.1 Å². The number of aliphatic hydroxyl groups is 1. The summed E-state index contributed by atoms with van der Waals surface area (Å²) in [5, 5.41) is 11.3. The van der Waals surface area contributed by atoms with Gasteiger partial charge in [-0.15, -0.1) is 0 Å². The van der Waals surface area contributed by atoms with E-state index in [0.717, 1.165) is 41.9 Å². The van der Waals surface area contributed by atoms with E-state index in [-0.39, 0.29) is 6.10 Å². The molecule has 0 aromatic rings. The van der Waals surface area contributed by atoms with Crippen LogP contribution in [0.5, 0.6) is 0 Å². The maximum Gasteiger partial charge on any atom is 0.0607 e. The van der Waals surface area contributed by atoms with Gasteiger partial charge in [0.1, 0.15) is 0 Å². The summed E-state index contributed by atoms with van der Waals surface area (Å²) >= 11 is 0. The van der Waals surface area contributed by atoms with Crippen LogP contribution in [0.3, 0.4) is 0 Å². The Kier molecular flexibility index (Phi) is 4.69. The number of hydrogen-bond donors (Lipinski definition) is 1. The molecule has 0 bridgehead atoms. The molecule has 1 heteroatoms. The molecule has 0 saturated heterocycles. The topological polar surface area (TPSA) is 20.2 Å².